The molecule has 132 valence electrons. The van der Waals surface area contributed by atoms with E-state index >= 15 is 0 Å². The predicted molar refractivity (Wildman–Crippen MR) is 94.0 cm³/mol. The molecule has 1 atom stereocenters. The third-order valence-electron chi connectivity index (χ3n) is 3.82. The van der Waals surface area contributed by atoms with Crippen LogP contribution in [0.5, 0.6) is 5.75 Å². The van der Waals surface area contributed by atoms with Crippen LogP contribution in [0.15, 0.2) is 36.7 Å². The van der Waals surface area contributed by atoms with Crippen molar-refractivity contribution >= 4 is 0 Å². The molecule has 0 saturated carbocycles. The molecular formula is C19H28N2O3. The summed E-state index contributed by atoms with van der Waals surface area (Å²) in [5.41, 5.74) is 1.11. The molecule has 0 spiro atoms. The average molecular weight is 332 g/mol. The fourth-order valence-corrected chi connectivity index (χ4v) is 2.38. The van der Waals surface area contributed by atoms with Gasteiger partial charge in [0.05, 0.1) is 13.7 Å². The van der Waals surface area contributed by atoms with Gasteiger partial charge in [0.1, 0.15) is 11.6 Å². The molecule has 2 aromatic rings. The second-order valence-electron chi connectivity index (χ2n) is 5.74. The van der Waals surface area contributed by atoms with Crippen LogP contribution in [0.1, 0.15) is 44.0 Å². The maximum atomic E-state index is 5.98. The second kappa shape index (κ2) is 10.8. The van der Waals surface area contributed by atoms with E-state index in [9.17, 15) is 0 Å². The quantitative estimate of drug-likeness (QED) is 0.469. The highest BCUT2D eigenvalue weighted by Gasteiger charge is 2.11. The van der Waals surface area contributed by atoms with Crippen LogP contribution in [0.2, 0.25) is 0 Å². The van der Waals surface area contributed by atoms with Crippen molar-refractivity contribution in [2.75, 3.05) is 13.7 Å². The summed E-state index contributed by atoms with van der Waals surface area (Å²) in [6.45, 7) is 3.45. The lowest BCUT2D eigenvalue weighted by molar-refractivity contribution is -0.153. The number of nitrogens with one attached hydrogen (secondary N) is 1. The Balaban J connectivity index is 1.80. The van der Waals surface area contributed by atoms with Crippen LogP contribution in [0.4, 0.5) is 0 Å². The first-order chi connectivity index (χ1) is 11.8. The van der Waals surface area contributed by atoms with Crippen LogP contribution in [-0.4, -0.2) is 30.0 Å². The van der Waals surface area contributed by atoms with E-state index in [0.717, 1.165) is 43.0 Å². The smallest absolute Gasteiger partial charge is 0.158 e. The Hall–Kier alpha value is -1.85. The number of benzene rings is 1. The van der Waals surface area contributed by atoms with Gasteiger partial charge in [-0.1, -0.05) is 31.9 Å². The lowest BCUT2D eigenvalue weighted by Gasteiger charge is -2.18. The average Bonchev–Trinajstić information content (AvgIpc) is 3.14. The molecule has 2 rings (SSSR count). The van der Waals surface area contributed by atoms with E-state index in [1.54, 1.807) is 13.3 Å². The van der Waals surface area contributed by atoms with Crippen molar-refractivity contribution in [1.82, 2.24) is 9.97 Å². The van der Waals surface area contributed by atoms with Gasteiger partial charge in [0.25, 0.3) is 0 Å². The van der Waals surface area contributed by atoms with Crippen LogP contribution in [0, 0.1) is 0 Å². The van der Waals surface area contributed by atoms with E-state index in [4.69, 9.17) is 14.2 Å². The van der Waals surface area contributed by atoms with Crippen LogP contribution in [0.3, 0.4) is 0 Å². The fraction of sp³-hybridized carbons (Fsp3) is 0.526. The van der Waals surface area contributed by atoms with E-state index in [-0.39, 0.29) is 6.29 Å². The maximum absolute atomic E-state index is 5.98. The minimum atomic E-state index is -0.214. The lowest BCUT2D eigenvalue weighted by Crippen LogP contribution is -2.19. The highest BCUT2D eigenvalue weighted by molar-refractivity contribution is 5.26. The van der Waals surface area contributed by atoms with E-state index in [1.807, 2.05) is 30.5 Å². The summed E-state index contributed by atoms with van der Waals surface area (Å²) in [5.74, 6) is 1.81. The number of aromatic amines is 1. The van der Waals surface area contributed by atoms with Crippen LogP contribution >= 0.6 is 0 Å². The van der Waals surface area contributed by atoms with Gasteiger partial charge >= 0.3 is 0 Å². The van der Waals surface area contributed by atoms with Crippen molar-refractivity contribution in [3.05, 3.63) is 48.0 Å². The van der Waals surface area contributed by atoms with Crippen molar-refractivity contribution in [3.63, 3.8) is 0 Å². The summed E-state index contributed by atoms with van der Waals surface area (Å²) in [6, 6.07) is 7.91. The Bertz CT molecular complexity index is 540. The monoisotopic (exact) mass is 332 g/mol. The topological polar surface area (TPSA) is 56.4 Å². The molecule has 1 heterocycles. The van der Waals surface area contributed by atoms with Crippen LogP contribution in [-0.2, 0) is 22.5 Å². The highest BCUT2D eigenvalue weighted by atomic mass is 16.7. The van der Waals surface area contributed by atoms with Crippen LogP contribution in [0.25, 0.3) is 0 Å². The lowest BCUT2D eigenvalue weighted by atomic mass is 10.2. The minimum absolute atomic E-state index is 0.214. The summed E-state index contributed by atoms with van der Waals surface area (Å²) < 4.78 is 17.1. The molecule has 5 heteroatoms. The number of aromatic nitrogens is 2. The third-order valence-corrected chi connectivity index (χ3v) is 3.82. The van der Waals surface area contributed by atoms with Crippen LogP contribution < -0.4 is 4.74 Å². The maximum Gasteiger partial charge on any atom is 0.158 e. The number of ether oxygens (including phenoxy) is 3. The van der Waals surface area contributed by atoms with Gasteiger partial charge in [0, 0.05) is 31.8 Å². The molecule has 0 amide bonds. The standard InChI is InChI=1S/C19H28N2O3/c1-3-4-5-14-23-19(11-10-18-20-12-13-21-18)24-15-16-6-8-17(22-2)9-7-16/h6-9,12-13,19H,3-5,10-11,14-15H2,1-2H3,(H,20,21). The highest BCUT2D eigenvalue weighted by Crippen LogP contribution is 2.14. The van der Waals surface area contributed by atoms with E-state index in [1.165, 1.54) is 12.8 Å². The molecule has 1 N–H and O–H groups in total. The largest absolute Gasteiger partial charge is 0.497 e. The first-order valence-electron chi connectivity index (χ1n) is 8.66. The third kappa shape index (κ3) is 6.72. The van der Waals surface area contributed by atoms with E-state index in [2.05, 4.69) is 16.9 Å². The number of nitrogens with zero attached hydrogens (tertiary/aromatic N) is 1. The summed E-state index contributed by atoms with van der Waals surface area (Å²) in [4.78, 5) is 7.37. The SMILES string of the molecule is CCCCCOC(CCc1ncc[nH]1)OCc1ccc(OC)cc1. The molecule has 0 radical (unpaired) electrons. The van der Waals surface area contributed by atoms with E-state index in [0.29, 0.717) is 6.61 Å². The molecule has 0 aliphatic carbocycles. The van der Waals surface area contributed by atoms with Gasteiger partial charge in [-0.05, 0) is 24.1 Å². The Kier molecular flexibility index (Phi) is 8.35. The van der Waals surface area contributed by atoms with Gasteiger partial charge in [0.15, 0.2) is 6.29 Å². The molecular weight excluding hydrogens is 304 g/mol. The van der Waals surface area contributed by atoms with Crippen molar-refractivity contribution in [3.8, 4) is 5.75 Å². The number of imidazole rings is 1. The van der Waals surface area contributed by atoms with Gasteiger partial charge in [-0.25, -0.2) is 4.98 Å². The van der Waals surface area contributed by atoms with Crippen molar-refractivity contribution in [1.29, 1.82) is 0 Å². The van der Waals surface area contributed by atoms with Gasteiger partial charge in [0.2, 0.25) is 0 Å². The molecule has 1 aromatic heterocycles. The number of hydrogen-bond acceptors (Lipinski definition) is 4. The van der Waals surface area contributed by atoms with Crippen molar-refractivity contribution < 1.29 is 14.2 Å². The number of H-pyrrole nitrogens is 1. The normalized spacial score (nSPS) is 12.2. The molecule has 5 nitrogen and oxygen atoms in total. The Labute approximate surface area is 144 Å². The summed E-state index contributed by atoms with van der Waals surface area (Å²) in [6.07, 6.45) is 8.43. The first-order valence-corrected chi connectivity index (χ1v) is 8.66. The Morgan fingerprint density at radius 1 is 1.12 bits per heavy atom. The molecule has 0 bridgehead atoms. The number of hydrogen-bond donors (Lipinski definition) is 1. The van der Waals surface area contributed by atoms with Gasteiger partial charge in [-0.2, -0.15) is 0 Å². The molecule has 0 fully saturated rings. The zero-order valence-corrected chi connectivity index (χ0v) is 14.7. The summed E-state index contributed by atoms with van der Waals surface area (Å²) >= 11 is 0. The van der Waals surface area contributed by atoms with Crippen molar-refractivity contribution in [2.24, 2.45) is 0 Å². The van der Waals surface area contributed by atoms with Gasteiger partial charge in [-0.3, -0.25) is 0 Å². The first kappa shape index (κ1) is 18.5. The molecule has 24 heavy (non-hydrogen) atoms. The number of rotatable bonds is 12. The van der Waals surface area contributed by atoms with Crippen molar-refractivity contribution in [2.45, 2.75) is 51.9 Å². The molecule has 1 aromatic carbocycles. The zero-order chi connectivity index (χ0) is 17.0. The molecule has 0 aliphatic heterocycles. The molecule has 0 aliphatic rings. The van der Waals surface area contributed by atoms with E-state index < -0.39 is 0 Å². The molecule has 1 unspecified atom stereocenters. The number of aryl methyl sites for hydroxylation is 1. The summed E-state index contributed by atoms with van der Waals surface area (Å²) in [7, 11) is 1.67. The molecule has 0 saturated heterocycles. The fourth-order valence-electron chi connectivity index (χ4n) is 2.38. The minimum Gasteiger partial charge on any atom is -0.497 e. The summed E-state index contributed by atoms with van der Waals surface area (Å²) in [5, 5.41) is 0. The number of unbranched alkanes of at least 4 members (excludes halogenated alkanes) is 2. The number of methoxy groups -OCH3 is 1. The zero-order valence-electron chi connectivity index (χ0n) is 14.7. The Morgan fingerprint density at radius 3 is 2.62 bits per heavy atom. The Morgan fingerprint density at radius 2 is 1.96 bits per heavy atom. The predicted octanol–water partition coefficient (Wildman–Crippen LogP) is 4.10. The second-order valence-corrected chi connectivity index (χ2v) is 5.74. The van der Waals surface area contributed by atoms with Gasteiger partial charge < -0.3 is 19.2 Å². The van der Waals surface area contributed by atoms with Gasteiger partial charge in [-0.15, -0.1) is 0 Å².